The van der Waals surface area contributed by atoms with Gasteiger partial charge in [-0.2, -0.15) is 26.3 Å². The van der Waals surface area contributed by atoms with Crippen molar-refractivity contribution in [1.29, 1.82) is 0 Å². The minimum atomic E-state index is -4.87. The first kappa shape index (κ1) is 25.0. The van der Waals surface area contributed by atoms with Crippen molar-refractivity contribution in [2.45, 2.75) is 43.7 Å². The first-order valence-corrected chi connectivity index (χ1v) is 9.40. The Morgan fingerprint density at radius 2 is 1.48 bits per heavy atom. The maximum Gasteiger partial charge on any atom is 0.416 e. The zero-order valence-electron chi connectivity index (χ0n) is 16.2. The van der Waals surface area contributed by atoms with Crippen LogP contribution in [0.4, 0.5) is 26.3 Å². The highest BCUT2D eigenvalue weighted by Gasteiger charge is 2.37. The Bertz CT molecular complexity index is 853. The molecule has 2 atom stereocenters. The fraction of sp³-hybridized carbons (Fsp3) is 0.381. The molecule has 10 heteroatoms. The number of nitrogens with one attached hydrogen (secondary N) is 2. The van der Waals surface area contributed by atoms with Crippen LogP contribution in [0, 0.1) is 0 Å². The molecule has 0 aromatic heterocycles. The van der Waals surface area contributed by atoms with Gasteiger partial charge < -0.3 is 5.32 Å². The van der Waals surface area contributed by atoms with Crippen molar-refractivity contribution >= 4 is 18.3 Å². The van der Waals surface area contributed by atoms with Crippen LogP contribution in [0.2, 0.25) is 0 Å². The molecule has 1 fully saturated rings. The summed E-state index contributed by atoms with van der Waals surface area (Å²) in [5.41, 5.74) is -1.73. The molecule has 0 radical (unpaired) electrons. The van der Waals surface area contributed by atoms with Gasteiger partial charge in [0.2, 0.25) is 5.91 Å². The number of carbonyl (C=O) groups is 1. The molecule has 0 bridgehead atoms. The Morgan fingerprint density at radius 1 is 0.903 bits per heavy atom. The third-order valence-electron chi connectivity index (χ3n) is 5.02. The highest BCUT2D eigenvalue weighted by atomic mass is 35.5. The second-order valence-electron chi connectivity index (χ2n) is 7.25. The van der Waals surface area contributed by atoms with Gasteiger partial charge in [0.15, 0.2) is 0 Å². The Balaban J connectivity index is 0.00000341. The van der Waals surface area contributed by atoms with Crippen LogP contribution in [0.15, 0.2) is 48.5 Å². The van der Waals surface area contributed by atoms with Gasteiger partial charge in [0.1, 0.15) is 0 Å². The van der Waals surface area contributed by atoms with Gasteiger partial charge in [-0.15, -0.1) is 12.4 Å². The van der Waals surface area contributed by atoms with Crippen molar-refractivity contribution in [3.8, 4) is 0 Å². The minimum Gasteiger partial charge on any atom is -0.350 e. The van der Waals surface area contributed by atoms with Gasteiger partial charge in [-0.05, 0) is 48.6 Å². The van der Waals surface area contributed by atoms with Crippen molar-refractivity contribution in [3.05, 3.63) is 70.8 Å². The molecule has 0 spiro atoms. The van der Waals surface area contributed by atoms with E-state index in [0.717, 1.165) is 17.7 Å². The molecule has 3 rings (SSSR count). The van der Waals surface area contributed by atoms with E-state index >= 15 is 0 Å². The number of rotatable bonds is 5. The predicted molar refractivity (Wildman–Crippen MR) is 106 cm³/mol. The van der Waals surface area contributed by atoms with Crippen molar-refractivity contribution in [3.63, 3.8) is 0 Å². The molecule has 0 aliphatic carbocycles. The van der Waals surface area contributed by atoms with E-state index in [2.05, 4.69) is 10.6 Å². The van der Waals surface area contributed by atoms with Crippen molar-refractivity contribution < 1.29 is 31.1 Å². The summed E-state index contributed by atoms with van der Waals surface area (Å²) in [7, 11) is 0. The first-order chi connectivity index (χ1) is 14.0. The third-order valence-corrected chi connectivity index (χ3v) is 5.02. The van der Waals surface area contributed by atoms with E-state index in [4.69, 9.17) is 0 Å². The van der Waals surface area contributed by atoms with Crippen LogP contribution in [0.1, 0.15) is 41.1 Å². The van der Waals surface area contributed by atoms with Gasteiger partial charge in [-0.1, -0.05) is 30.3 Å². The van der Waals surface area contributed by atoms with Gasteiger partial charge >= 0.3 is 12.4 Å². The Labute approximate surface area is 181 Å². The van der Waals surface area contributed by atoms with Crippen LogP contribution < -0.4 is 10.6 Å². The lowest BCUT2D eigenvalue weighted by atomic mass is 9.92. The Hall–Kier alpha value is -2.26. The summed E-state index contributed by atoms with van der Waals surface area (Å²) in [5, 5.41) is 5.99. The smallest absolute Gasteiger partial charge is 0.350 e. The van der Waals surface area contributed by atoms with Crippen molar-refractivity contribution in [2.75, 3.05) is 6.54 Å². The monoisotopic (exact) mass is 466 g/mol. The second-order valence-corrected chi connectivity index (χ2v) is 7.25. The molecular formula is C21H21ClF6N2O. The summed E-state index contributed by atoms with van der Waals surface area (Å²) in [6.45, 7) is 0.138. The van der Waals surface area contributed by atoms with Crippen LogP contribution >= 0.6 is 12.4 Å². The van der Waals surface area contributed by atoms with Gasteiger partial charge in [0.05, 0.1) is 23.7 Å². The Morgan fingerprint density at radius 3 is 2.03 bits per heavy atom. The molecule has 0 saturated carbocycles. The number of aryl methyl sites for hydroxylation is 1. The highest BCUT2D eigenvalue weighted by Crippen LogP contribution is 2.36. The van der Waals surface area contributed by atoms with Gasteiger partial charge in [-0.25, -0.2) is 0 Å². The van der Waals surface area contributed by atoms with E-state index in [0.29, 0.717) is 12.8 Å². The molecule has 2 unspecified atom stereocenters. The van der Waals surface area contributed by atoms with Crippen LogP contribution in [0.5, 0.6) is 0 Å². The number of hydrogen-bond acceptors (Lipinski definition) is 2. The molecule has 170 valence electrons. The average molecular weight is 467 g/mol. The summed E-state index contributed by atoms with van der Waals surface area (Å²) in [5.74, 6) is -0.203. The predicted octanol–water partition coefficient (Wildman–Crippen LogP) is 5.30. The molecule has 1 aliphatic rings. The summed E-state index contributed by atoms with van der Waals surface area (Å²) < 4.78 is 78.0. The number of piperazine rings is 1. The quantitative estimate of drug-likeness (QED) is 0.587. The van der Waals surface area contributed by atoms with Gasteiger partial charge in [0, 0.05) is 6.04 Å². The third kappa shape index (κ3) is 6.61. The maximum absolute atomic E-state index is 13.0. The molecule has 1 amide bonds. The summed E-state index contributed by atoms with van der Waals surface area (Å²) in [6.07, 6.45) is -8.99. The van der Waals surface area contributed by atoms with E-state index in [-0.39, 0.29) is 55.0 Å². The van der Waals surface area contributed by atoms with Crippen LogP contribution in [-0.2, 0) is 23.6 Å². The molecule has 2 aromatic rings. The molecule has 2 aromatic carbocycles. The van der Waals surface area contributed by atoms with E-state index < -0.39 is 23.5 Å². The van der Waals surface area contributed by atoms with Crippen LogP contribution in [0.25, 0.3) is 0 Å². The van der Waals surface area contributed by atoms with Crippen LogP contribution in [-0.4, -0.2) is 18.5 Å². The SMILES string of the molecule is Cl.O=C1CNC(c2ccccc2)C(CCCc2cc(C(F)(F)F)cc(C(F)(F)F)c2)N1. The number of hydrogen-bond donors (Lipinski definition) is 2. The van der Waals surface area contributed by atoms with E-state index in [9.17, 15) is 31.1 Å². The van der Waals surface area contributed by atoms with Crippen LogP contribution in [0.3, 0.4) is 0 Å². The number of carbonyl (C=O) groups excluding carboxylic acids is 1. The molecule has 2 N–H and O–H groups in total. The van der Waals surface area contributed by atoms with Gasteiger partial charge in [0.25, 0.3) is 0 Å². The lowest BCUT2D eigenvalue weighted by Crippen LogP contribution is -2.54. The molecule has 1 heterocycles. The van der Waals surface area contributed by atoms with E-state index in [1.807, 2.05) is 30.3 Å². The molecule has 1 saturated heterocycles. The number of alkyl halides is 6. The normalized spacial score (nSPS) is 19.5. The van der Waals surface area contributed by atoms with Crippen molar-refractivity contribution in [1.82, 2.24) is 10.6 Å². The standard InChI is InChI=1S/C21H20F6N2O.ClH/c22-20(23,24)15-9-13(10-16(11-15)21(25,26)27)5-4-8-17-19(28-12-18(30)29-17)14-6-2-1-3-7-14;/h1-3,6-7,9-11,17,19,28H,4-5,8,12H2,(H,29,30);1H. The lowest BCUT2D eigenvalue weighted by Gasteiger charge is -2.33. The number of halogens is 7. The molecular weight excluding hydrogens is 446 g/mol. The Kier molecular flexibility index (Phi) is 7.99. The summed E-state index contributed by atoms with van der Waals surface area (Å²) >= 11 is 0. The van der Waals surface area contributed by atoms with Crippen molar-refractivity contribution in [2.24, 2.45) is 0 Å². The fourth-order valence-electron chi connectivity index (χ4n) is 3.63. The topological polar surface area (TPSA) is 41.1 Å². The first-order valence-electron chi connectivity index (χ1n) is 9.40. The second kappa shape index (κ2) is 9.91. The molecule has 31 heavy (non-hydrogen) atoms. The summed E-state index contributed by atoms with van der Waals surface area (Å²) in [6, 6.07) is 10.5. The highest BCUT2D eigenvalue weighted by molar-refractivity contribution is 5.85. The van der Waals surface area contributed by atoms with Gasteiger partial charge in [-0.3, -0.25) is 10.1 Å². The maximum atomic E-state index is 13.0. The minimum absolute atomic E-state index is 0. The average Bonchev–Trinajstić information content (AvgIpc) is 2.67. The fourth-order valence-corrected chi connectivity index (χ4v) is 3.63. The number of benzene rings is 2. The largest absolute Gasteiger partial charge is 0.416 e. The number of amides is 1. The molecule has 3 nitrogen and oxygen atoms in total. The molecule has 1 aliphatic heterocycles. The zero-order valence-corrected chi connectivity index (χ0v) is 17.0. The van der Waals surface area contributed by atoms with E-state index in [1.54, 1.807) is 0 Å². The zero-order chi connectivity index (χ0) is 21.9. The summed E-state index contributed by atoms with van der Waals surface area (Å²) in [4.78, 5) is 11.8. The van der Waals surface area contributed by atoms with E-state index in [1.165, 1.54) is 0 Å². The lowest BCUT2D eigenvalue weighted by molar-refractivity contribution is -0.143.